The Morgan fingerprint density at radius 1 is 1.60 bits per heavy atom. The van der Waals surface area contributed by atoms with Gasteiger partial charge in [-0.15, -0.1) is 0 Å². The molecule has 4 heteroatoms. The minimum Gasteiger partial charge on any atom is -0.490 e. The van der Waals surface area contributed by atoms with Crippen molar-refractivity contribution in [1.82, 2.24) is 5.48 Å². The van der Waals surface area contributed by atoms with Crippen LogP contribution in [0.25, 0.3) is 0 Å². The summed E-state index contributed by atoms with van der Waals surface area (Å²) in [6.45, 7) is 2.66. The summed E-state index contributed by atoms with van der Waals surface area (Å²) in [5, 5.41) is 0.749. The molecule has 2 rings (SSSR count). The van der Waals surface area contributed by atoms with Gasteiger partial charge in [0.2, 0.25) is 0 Å². The fourth-order valence-corrected chi connectivity index (χ4v) is 2.11. The Labute approximate surface area is 94.3 Å². The van der Waals surface area contributed by atoms with Gasteiger partial charge in [0.25, 0.3) is 0 Å². The van der Waals surface area contributed by atoms with E-state index >= 15 is 0 Å². The van der Waals surface area contributed by atoms with Gasteiger partial charge in [0.05, 0.1) is 7.11 Å². The van der Waals surface area contributed by atoms with E-state index in [1.165, 1.54) is 5.56 Å². The second-order valence-corrected chi connectivity index (χ2v) is 4.15. The molecule has 1 unspecified atom stereocenters. The molecule has 0 spiro atoms. The summed E-state index contributed by atoms with van der Waals surface area (Å²) in [5.74, 6) is 0.955. The van der Waals surface area contributed by atoms with Crippen molar-refractivity contribution in [2.45, 2.75) is 26.0 Å². The highest BCUT2D eigenvalue weighted by atomic mass is 35.5. The summed E-state index contributed by atoms with van der Waals surface area (Å²) in [6.07, 6.45) is 1.16. The van der Waals surface area contributed by atoms with Crippen molar-refractivity contribution in [3.8, 4) is 5.75 Å². The van der Waals surface area contributed by atoms with Crippen LogP contribution in [0.1, 0.15) is 18.1 Å². The van der Waals surface area contributed by atoms with E-state index in [-0.39, 0.29) is 6.10 Å². The maximum Gasteiger partial charge on any atom is 0.127 e. The van der Waals surface area contributed by atoms with Gasteiger partial charge >= 0.3 is 0 Å². The van der Waals surface area contributed by atoms with Gasteiger partial charge in [-0.05, 0) is 24.6 Å². The molecule has 1 aliphatic heterocycles. The van der Waals surface area contributed by atoms with Gasteiger partial charge in [-0.3, -0.25) is 0 Å². The number of nitrogens with one attached hydrogen (secondary N) is 1. The van der Waals surface area contributed by atoms with Gasteiger partial charge < -0.3 is 9.57 Å². The van der Waals surface area contributed by atoms with Crippen molar-refractivity contribution in [3.63, 3.8) is 0 Å². The fraction of sp³-hybridized carbons (Fsp3) is 0.455. The van der Waals surface area contributed by atoms with E-state index in [2.05, 4.69) is 12.4 Å². The van der Waals surface area contributed by atoms with E-state index in [9.17, 15) is 0 Å². The predicted octanol–water partition coefficient (Wildman–Crippen LogP) is 2.31. The van der Waals surface area contributed by atoms with Crippen LogP contribution >= 0.6 is 11.6 Å². The number of hydroxylamine groups is 1. The van der Waals surface area contributed by atoms with E-state index in [1.807, 2.05) is 12.1 Å². The molecule has 0 saturated heterocycles. The normalized spacial score (nSPS) is 18.7. The first kappa shape index (κ1) is 10.7. The molecule has 15 heavy (non-hydrogen) atoms. The standard InChI is InChI=1S/C11H14ClNO2/c1-7-3-8-4-10(12)5-9(6-13-14-2)11(8)15-7/h4-5,7,13H,3,6H2,1-2H3. The Morgan fingerprint density at radius 2 is 2.40 bits per heavy atom. The molecular weight excluding hydrogens is 214 g/mol. The fourth-order valence-electron chi connectivity index (χ4n) is 1.85. The highest BCUT2D eigenvalue weighted by Crippen LogP contribution is 2.35. The van der Waals surface area contributed by atoms with Crippen LogP contribution in [0.4, 0.5) is 0 Å². The lowest BCUT2D eigenvalue weighted by molar-refractivity contribution is 0.0858. The summed E-state index contributed by atoms with van der Waals surface area (Å²) in [7, 11) is 1.59. The largest absolute Gasteiger partial charge is 0.490 e. The third-order valence-corrected chi connectivity index (χ3v) is 2.66. The highest BCUT2D eigenvalue weighted by molar-refractivity contribution is 6.30. The smallest absolute Gasteiger partial charge is 0.127 e. The van der Waals surface area contributed by atoms with Crippen LogP contribution in [0.3, 0.4) is 0 Å². The van der Waals surface area contributed by atoms with Crippen molar-refractivity contribution >= 4 is 11.6 Å². The molecule has 1 aromatic rings. The molecule has 0 aliphatic carbocycles. The maximum absolute atomic E-state index is 6.03. The van der Waals surface area contributed by atoms with Crippen LogP contribution in [-0.4, -0.2) is 13.2 Å². The molecule has 0 radical (unpaired) electrons. The Balaban J connectivity index is 2.30. The quantitative estimate of drug-likeness (QED) is 0.804. The van der Waals surface area contributed by atoms with Crippen molar-refractivity contribution in [1.29, 1.82) is 0 Å². The molecule has 1 aliphatic rings. The zero-order valence-corrected chi connectivity index (χ0v) is 9.60. The zero-order chi connectivity index (χ0) is 10.8. The molecule has 3 nitrogen and oxygen atoms in total. The Morgan fingerprint density at radius 3 is 3.13 bits per heavy atom. The molecular formula is C11H14ClNO2. The first-order valence-corrected chi connectivity index (χ1v) is 5.32. The molecule has 0 aromatic heterocycles. The summed E-state index contributed by atoms with van der Waals surface area (Å²) in [4.78, 5) is 4.82. The molecule has 0 fully saturated rings. The van der Waals surface area contributed by atoms with E-state index in [4.69, 9.17) is 21.2 Å². The lowest BCUT2D eigenvalue weighted by Gasteiger charge is -2.10. The van der Waals surface area contributed by atoms with Crippen LogP contribution in [0, 0.1) is 0 Å². The van der Waals surface area contributed by atoms with Crippen molar-refractivity contribution in [3.05, 3.63) is 28.3 Å². The lowest BCUT2D eigenvalue weighted by atomic mass is 10.1. The second kappa shape index (κ2) is 4.39. The lowest BCUT2D eigenvalue weighted by Crippen LogP contribution is -2.12. The second-order valence-electron chi connectivity index (χ2n) is 3.71. The average Bonchev–Trinajstić information content (AvgIpc) is 2.54. The number of ether oxygens (including phenoxy) is 1. The minimum absolute atomic E-state index is 0.236. The SMILES string of the molecule is CONCc1cc(Cl)cc2c1OC(C)C2. The number of hydrogen-bond acceptors (Lipinski definition) is 3. The molecule has 0 saturated carbocycles. The number of rotatable bonds is 3. The van der Waals surface area contributed by atoms with Gasteiger partial charge in [0.1, 0.15) is 11.9 Å². The molecule has 82 valence electrons. The monoisotopic (exact) mass is 227 g/mol. The molecule has 1 N–H and O–H groups in total. The van der Waals surface area contributed by atoms with E-state index < -0.39 is 0 Å². The average molecular weight is 228 g/mol. The number of halogens is 1. The van der Waals surface area contributed by atoms with Gasteiger partial charge in [-0.25, -0.2) is 0 Å². The number of fused-ring (bicyclic) bond motifs is 1. The van der Waals surface area contributed by atoms with Crippen LogP contribution < -0.4 is 10.2 Å². The van der Waals surface area contributed by atoms with Gasteiger partial charge in [-0.2, -0.15) is 5.48 Å². The van der Waals surface area contributed by atoms with Gasteiger partial charge in [-0.1, -0.05) is 11.6 Å². The summed E-state index contributed by atoms with van der Waals surface area (Å²) in [6, 6.07) is 3.88. The van der Waals surface area contributed by atoms with Crippen molar-refractivity contribution < 1.29 is 9.57 Å². The number of benzene rings is 1. The summed E-state index contributed by atoms with van der Waals surface area (Å²) in [5.41, 5.74) is 5.03. The third kappa shape index (κ3) is 2.25. The van der Waals surface area contributed by atoms with Crippen LogP contribution in [0.15, 0.2) is 12.1 Å². The molecule has 1 atom stereocenters. The molecule has 0 amide bonds. The van der Waals surface area contributed by atoms with Crippen LogP contribution in [-0.2, 0) is 17.8 Å². The van der Waals surface area contributed by atoms with Crippen molar-refractivity contribution in [2.75, 3.05) is 7.11 Å². The minimum atomic E-state index is 0.236. The van der Waals surface area contributed by atoms with Crippen LogP contribution in [0.5, 0.6) is 5.75 Å². The van der Waals surface area contributed by atoms with Crippen LogP contribution in [0.2, 0.25) is 5.02 Å². The molecule has 1 aromatic carbocycles. The zero-order valence-electron chi connectivity index (χ0n) is 8.84. The first-order chi connectivity index (χ1) is 7.20. The van der Waals surface area contributed by atoms with E-state index in [0.29, 0.717) is 6.54 Å². The van der Waals surface area contributed by atoms with Gasteiger partial charge in [0.15, 0.2) is 0 Å². The third-order valence-electron chi connectivity index (χ3n) is 2.44. The van der Waals surface area contributed by atoms with Gasteiger partial charge in [0, 0.05) is 23.6 Å². The van der Waals surface area contributed by atoms with E-state index in [0.717, 1.165) is 22.8 Å². The predicted molar refractivity (Wildman–Crippen MR) is 59.1 cm³/mol. The Hall–Kier alpha value is -0.770. The molecule has 0 bridgehead atoms. The topological polar surface area (TPSA) is 30.5 Å². The molecule has 1 heterocycles. The first-order valence-electron chi connectivity index (χ1n) is 4.94. The Bertz CT molecular complexity index is 368. The summed E-state index contributed by atoms with van der Waals surface area (Å²) >= 11 is 6.03. The maximum atomic E-state index is 6.03. The Kier molecular flexibility index (Phi) is 3.14. The van der Waals surface area contributed by atoms with E-state index in [1.54, 1.807) is 7.11 Å². The summed E-state index contributed by atoms with van der Waals surface area (Å²) < 4.78 is 5.74. The van der Waals surface area contributed by atoms with Crippen molar-refractivity contribution in [2.24, 2.45) is 0 Å². The number of hydrogen-bond donors (Lipinski definition) is 1. The highest BCUT2D eigenvalue weighted by Gasteiger charge is 2.22.